The second-order valence-electron chi connectivity index (χ2n) is 2.80. The average molecular weight is 197 g/mol. The van der Waals surface area contributed by atoms with E-state index in [9.17, 15) is 0 Å². The lowest BCUT2D eigenvalue weighted by molar-refractivity contribution is 0.844. The lowest BCUT2D eigenvalue weighted by Crippen LogP contribution is -1.94. The number of aryl methyl sites for hydroxylation is 1. The molecule has 0 bridgehead atoms. The van der Waals surface area contributed by atoms with Crippen LogP contribution in [-0.4, -0.2) is 20.2 Å². The van der Waals surface area contributed by atoms with E-state index in [4.69, 9.17) is 11.6 Å². The first-order valence-electron chi connectivity index (χ1n) is 4.17. The summed E-state index contributed by atoms with van der Waals surface area (Å²) in [5, 5.41) is 7.07. The van der Waals surface area contributed by atoms with Crippen molar-refractivity contribution in [1.29, 1.82) is 0 Å². The van der Waals surface area contributed by atoms with Crippen LogP contribution in [0.4, 0.5) is 0 Å². The number of nitrogens with one attached hydrogen (secondary N) is 1. The molecule has 0 spiro atoms. The van der Waals surface area contributed by atoms with Crippen LogP contribution in [0.2, 0.25) is 5.15 Å². The van der Waals surface area contributed by atoms with Gasteiger partial charge in [0.15, 0.2) is 5.15 Å². The van der Waals surface area contributed by atoms with Gasteiger partial charge in [-0.05, 0) is 6.42 Å². The molecular formula is C8H9ClN4. The summed E-state index contributed by atoms with van der Waals surface area (Å²) in [6, 6.07) is 0. The number of H-pyrrole nitrogens is 1. The number of nitrogens with zero attached hydrogens (tertiary/aromatic N) is 3. The number of hydrogen-bond acceptors (Lipinski definition) is 3. The Morgan fingerprint density at radius 3 is 3.08 bits per heavy atom. The molecule has 0 unspecified atom stereocenters. The smallest absolute Gasteiger partial charge is 0.160 e. The molecule has 13 heavy (non-hydrogen) atoms. The van der Waals surface area contributed by atoms with Crippen molar-refractivity contribution >= 4 is 22.6 Å². The Bertz CT molecular complexity index is 423. The van der Waals surface area contributed by atoms with E-state index in [0.717, 1.165) is 24.2 Å². The zero-order chi connectivity index (χ0) is 9.26. The summed E-state index contributed by atoms with van der Waals surface area (Å²) in [6.07, 6.45) is 3.59. The number of fused-ring (bicyclic) bond motifs is 1. The van der Waals surface area contributed by atoms with Crippen LogP contribution in [0.15, 0.2) is 6.20 Å². The van der Waals surface area contributed by atoms with Crippen molar-refractivity contribution < 1.29 is 0 Å². The van der Waals surface area contributed by atoms with E-state index in [-0.39, 0.29) is 0 Å². The Balaban J connectivity index is 2.56. The molecule has 4 nitrogen and oxygen atoms in total. The van der Waals surface area contributed by atoms with Crippen LogP contribution in [-0.2, 0) is 6.42 Å². The van der Waals surface area contributed by atoms with Gasteiger partial charge in [0.25, 0.3) is 0 Å². The van der Waals surface area contributed by atoms with Crippen molar-refractivity contribution in [2.75, 3.05) is 0 Å². The zero-order valence-corrected chi connectivity index (χ0v) is 7.97. The molecule has 0 aliphatic heterocycles. The molecule has 0 radical (unpaired) electrons. The number of hydrogen-bond donors (Lipinski definition) is 1. The van der Waals surface area contributed by atoms with Gasteiger partial charge in [0.05, 0.1) is 0 Å². The molecule has 0 atom stereocenters. The molecule has 0 saturated carbocycles. The van der Waals surface area contributed by atoms with Crippen LogP contribution in [0.3, 0.4) is 0 Å². The predicted octanol–water partition coefficient (Wildman–Crippen LogP) is 1.96. The van der Waals surface area contributed by atoms with Gasteiger partial charge < -0.3 is 0 Å². The highest BCUT2D eigenvalue weighted by molar-refractivity contribution is 6.33. The van der Waals surface area contributed by atoms with Crippen LogP contribution < -0.4 is 0 Å². The highest BCUT2D eigenvalue weighted by atomic mass is 35.5. The van der Waals surface area contributed by atoms with Gasteiger partial charge in [-0.2, -0.15) is 5.10 Å². The van der Waals surface area contributed by atoms with Gasteiger partial charge in [-0.15, -0.1) is 0 Å². The largest absolute Gasteiger partial charge is 0.283 e. The minimum Gasteiger partial charge on any atom is -0.283 e. The Hall–Kier alpha value is -1.16. The van der Waals surface area contributed by atoms with Crippen molar-refractivity contribution in [3.8, 4) is 0 Å². The molecule has 68 valence electrons. The third-order valence-corrected chi connectivity index (χ3v) is 2.03. The maximum absolute atomic E-state index is 5.91. The van der Waals surface area contributed by atoms with E-state index in [1.54, 1.807) is 6.20 Å². The Morgan fingerprint density at radius 1 is 1.46 bits per heavy atom. The molecule has 2 rings (SSSR count). The Kier molecular flexibility index (Phi) is 2.14. The fraction of sp³-hybridized carbons (Fsp3) is 0.375. The van der Waals surface area contributed by atoms with Crippen LogP contribution in [0.5, 0.6) is 0 Å². The third-order valence-electron chi connectivity index (χ3n) is 1.77. The Morgan fingerprint density at radius 2 is 2.31 bits per heavy atom. The lowest BCUT2D eigenvalue weighted by Gasteiger charge is -1.97. The summed E-state index contributed by atoms with van der Waals surface area (Å²) < 4.78 is 0. The summed E-state index contributed by atoms with van der Waals surface area (Å²) in [4.78, 5) is 8.43. The van der Waals surface area contributed by atoms with Crippen molar-refractivity contribution in [3.63, 3.8) is 0 Å². The lowest BCUT2D eigenvalue weighted by atomic mass is 10.3. The molecular weight excluding hydrogens is 188 g/mol. The van der Waals surface area contributed by atoms with Gasteiger partial charge in [0, 0.05) is 12.6 Å². The summed E-state index contributed by atoms with van der Waals surface area (Å²) in [7, 11) is 0. The van der Waals surface area contributed by atoms with E-state index >= 15 is 0 Å². The second-order valence-corrected chi connectivity index (χ2v) is 3.16. The standard InChI is InChI=1S/C8H9ClN4/c1-2-3-6-11-5-4-10-13-7(5)8(9)12-6/h4H,2-3H2,1H3,(H,10,13). The molecule has 0 fully saturated rings. The van der Waals surface area contributed by atoms with E-state index in [1.807, 2.05) is 0 Å². The van der Waals surface area contributed by atoms with E-state index < -0.39 is 0 Å². The van der Waals surface area contributed by atoms with Crippen molar-refractivity contribution in [2.24, 2.45) is 0 Å². The van der Waals surface area contributed by atoms with E-state index in [1.165, 1.54) is 0 Å². The van der Waals surface area contributed by atoms with Crippen LogP contribution in [0.25, 0.3) is 11.0 Å². The van der Waals surface area contributed by atoms with Gasteiger partial charge in [-0.1, -0.05) is 18.5 Å². The highest BCUT2D eigenvalue weighted by Gasteiger charge is 2.06. The zero-order valence-electron chi connectivity index (χ0n) is 7.21. The van der Waals surface area contributed by atoms with Crippen molar-refractivity contribution in [2.45, 2.75) is 19.8 Å². The Labute approximate surface area is 80.3 Å². The molecule has 2 heterocycles. The fourth-order valence-electron chi connectivity index (χ4n) is 1.19. The molecule has 0 aliphatic carbocycles. The molecule has 0 aromatic carbocycles. The maximum Gasteiger partial charge on any atom is 0.160 e. The summed E-state index contributed by atoms with van der Waals surface area (Å²) in [5.74, 6) is 0.779. The normalized spacial score (nSPS) is 10.9. The van der Waals surface area contributed by atoms with Gasteiger partial charge >= 0.3 is 0 Å². The topological polar surface area (TPSA) is 54.5 Å². The number of aromatic amines is 1. The van der Waals surface area contributed by atoms with Crippen LogP contribution in [0.1, 0.15) is 19.2 Å². The number of rotatable bonds is 2. The molecule has 0 saturated heterocycles. The SMILES string of the molecule is CCCc1nc(Cl)c2n[nH]cc2n1. The van der Waals surface area contributed by atoms with E-state index in [0.29, 0.717) is 10.7 Å². The molecule has 0 amide bonds. The van der Waals surface area contributed by atoms with Gasteiger partial charge in [-0.3, -0.25) is 5.10 Å². The predicted molar refractivity (Wildman–Crippen MR) is 50.7 cm³/mol. The monoisotopic (exact) mass is 196 g/mol. The highest BCUT2D eigenvalue weighted by Crippen LogP contribution is 2.17. The number of aromatic nitrogens is 4. The maximum atomic E-state index is 5.91. The molecule has 2 aromatic heterocycles. The van der Waals surface area contributed by atoms with Crippen molar-refractivity contribution in [1.82, 2.24) is 20.2 Å². The second kappa shape index (κ2) is 3.30. The first-order valence-corrected chi connectivity index (χ1v) is 4.55. The first kappa shape index (κ1) is 8.44. The minimum absolute atomic E-state index is 0.426. The number of halogens is 1. The fourth-order valence-corrected chi connectivity index (χ4v) is 1.42. The van der Waals surface area contributed by atoms with Crippen LogP contribution >= 0.6 is 11.6 Å². The molecule has 5 heteroatoms. The average Bonchev–Trinajstić information content (AvgIpc) is 2.53. The molecule has 2 aromatic rings. The van der Waals surface area contributed by atoms with E-state index in [2.05, 4.69) is 27.1 Å². The van der Waals surface area contributed by atoms with Crippen molar-refractivity contribution in [3.05, 3.63) is 17.2 Å². The summed E-state index contributed by atoms with van der Waals surface area (Å²) >= 11 is 5.91. The van der Waals surface area contributed by atoms with Crippen LogP contribution in [0, 0.1) is 0 Å². The third kappa shape index (κ3) is 1.49. The minimum atomic E-state index is 0.426. The van der Waals surface area contributed by atoms with Gasteiger partial charge in [0.2, 0.25) is 0 Å². The van der Waals surface area contributed by atoms with Gasteiger partial charge in [-0.25, -0.2) is 9.97 Å². The molecule has 1 N–H and O–H groups in total. The first-order chi connectivity index (χ1) is 6.31. The quantitative estimate of drug-likeness (QED) is 0.748. The van der Waals surface area contributed by atoms with Gasteiger partial charge in [0.1, 0.15) is 16.9 Å². The molecule has 0 aliphatic rings. The summed E-state index contributed by atoms with van der Waals surface area (Å²) in [6.45, 7) is 2.08. The summed E-state index contributed by atoms with van der Waals surface area (Å²) in [5.41, 5.74) is 1.42.